The van der Waals surface area contributed by atoms with Gasteiger partial charge in [-0.3, -0.25) is 4.79 Å². The molecular formula is C20H28N6O3S. The smallest absolute Gasteiger partial charge is 0.271 e. The first-order valence-electron chi connectivity index (χ1n) is 10.0. The van der Waals surface area contributed by atoms with Gasteiger partial charge in [0.25, 0.3) is 5.91 Å². The highest BCUT2D eigenvalue weighted by molar-refractivity contribution is 7.90. The van der Waals surface area contributed by atoms with Gasteiger partial charge in [-0.1, -0.05) is 13.0 Å². The Morgan fingerprint density at radius 1 is 1.30 bits per heavy atom. The Labute approximate surface area is 176 Å². The fourth-order valence-electron chi connectivity index (χ4n) is 3.40. The molecule has 1 amide bonds. The second kappa shape index (κ2) is 9.40. The van der Waals surface area contributed by atoms with E-state index in [9.17, 15) is 13.2 Å². The molecule has 0 saturated carbocycles. The highest BCUT2D eigenvalue weighted by Gasteiger charge is 2.19. The summed E-state index contributed by atoms with van der Waals surface area (Å²) < 4.78 is 23.7. The van der Waals surface area contributed by atoms with Crippen molar-refractivity contribution < 1.29 is 13.2 Å². The van der Waals surface area contributed by atoms with Crippen LogP contribution in [0.5, 0.6) is 0 Å². The number of nitrogens with zero attached hydrogens (tertiary/aromatic N) is 2. The van der Waals surface area contributed by atoms with Crippen LogP contribution in [-0.4, -0.2) is 50.2 Å². The highest BCUT2D eigenvalue weighted by Crippen LogP contribution is 2.24. The Balaban J connectivity index is 1.91. The average molecular weight is 433 g/mol. The van der Waals surface area contributed by atoms with Crippen LogP contribution in [0.2, 0.25) is 0 Å². The van der Waals surface area contributed by atoms with Gasteiger partial charge in [-0.15, -0.1) is 0 Å². The Kier molecular flexibility index (Phi) is 6.88. The van der Waals surface area contributed by atoms with Crippen molar-refractivity contribution in [3.05, 3.63) is 35.7 Å². The molecule has 1 aromatic carbocycles. The van der Waals surface area contributed by atoms with Crippen LogP contribution in [-0.2, 0) is 16.3 Å². The number of aryl methyl sites for hydroxylation is 1. The maximum atomic E-state index is 12.0. The van der Waals surface area contributed by atoms with Gasteiger partial charge in [0.1, 0.15) is 5.82 Å². The zero-order valence-electron chi connectivity index (χ0n) is 17.2. The predicted octanol–water partition coefficient (Wildman–Crippen LogP) is 1.70. The first kappa shape index (κ1) is 22.0. The van der Waals surface area contributed by atoms with Crippen LogP contribution in [0, 0.1) is 5.92 Å². The fraction of sp³-hybridized carbons (Fsp3) is 0.450. The molecule has 9 nitrogen and oxygen atoms in total. The number of nitrogens with two attached hydrogens (primary N) is 1. The van der Waals surface area contributed by atoms with E-state index in [-0.39, 0.29) is 16.4 Å². The summed E-state index contributed by atoms with van der Waals surface area (Å²) in [6.07, 6.45) is 4.00. The lowest BCUT2D eigenvalue weighted by Crippen LogP contribution is -2.34. The number of aromatic nitrogens is 2. The number of rotatable bonds is 8. The van der Waals surface area contributed by atoms with Crippen molar-refractivity contribution in [1.29, 1.82) is 0 Å². The molecule has 1 saturated heterocycles. The summed E-state index contributed by atoms with van der Waals surface area (Å²) in [5, 5.41) is 9.75. The number of hydrogen-bond acceptors (Lipinski definition) is 8. The van der Waals surface area contributed by atoms with Gasteiger partial charge >= 0.3 is 0 Å². The molecule has 1 aliphatic heterocycles. The lowest BCUT2D eigenvalue weighted by Gasteiger charge is -2.24. The fourth-order valence-corrected chi connectivity index (χ4v) is 4.06. The number of carbonyl (C=O) groups is 1. The van der Waals surface area contributed by atoms with E-state index in [1.54, 1.807) is 12.1 Å². The Morgan fingerprint density at radius 2 is 2.10 bits per heavy atom. The lowest BCUT2D eigenvalue weighted by molar-refractivity contribution is 0.0996. The van der Waals surface area contributed by atoms with Gasteiger partial charge in [-0.2, -0.15) is 0 Å². The number of sulfone groups is 1. The van der Waals surface area contributed by atoms with E-state index in [0.717, 1.165) is 38.7 Å². The Morgan fingerprint density at radius 3 is 2.73 bits per heavy atom. The molecule has 0 radical (unpaired) electrons. The second-order valence-corrected chi connectivity index (χ2v) is 9.47. The molecule has 10 heteroatoms. The number of amides is 1. The van der Waals surface area contributed by atoms with Gasteiger partial charge in [0, 0.05) is 18.5 Å². The average Bonchev–Trinajstić information content (AvgIpc) is 2.72. The molecule has 162 valence electrons. The van der Waals surface area contributed by atoms with E-state index in [4.69, 9.17) is 5.73 Å². The molecule has 0 unspecified atom stereocenters. The minimum atomic E-state index is -3.37. The van der Waals surface area contributed by atoms with E-state index < -0.39 is 15.7 Å². The molecule has 1 aliphatic rings. The maximum absolute atomic E-state index is 12.0. The van der Waals surface area contributed by atoms with E-state index >= 15 is 0 Å². The molecule has 1 aromatic heterocycles. The third kappa shape index (κ3) is 5.45. The molecule has 0 aliphatic carbocycles. The van der Waals surface area contributed by atoms with Crippen molar-refractivity contribution in [1.82, 2.24) is 15.3 Å². The summed E-state index contributed by atoms with van der Waals surface area (Å²) in [5.74, 6) is 0.565. The summed E-state index contributed by atoms with van der Waals surface area (Å²) >= 11 is 0. The van der Waals surface area contributed by atoms with Gasteiger partial charge in [0.15, 0.2) is 21.3 Å². The minimum Gasteiger partial charge on any atom is -0.368 e. The van der Waals surface area contributed by atoms with Crippen LogP contribution in [0.4, 0.5) is 17.3 Å². The standard InChI is InChI=1S/C20H28N6O3S/c1-3-16-19(23-12-13-6-5-9-22-11-13)26-20(17(25-16)18(21)27)24-14-7-4-8-15(10-14)30(2,28)29/h4,7-8,10,13,22H,3,5-6,9,11-12H2,1-2H3,(H2,21,27)(H2,23,24,26)/t13-/m1/s1. The maximum Gasteiger partial charge on any atom is 0.271 e. The third-order valence-corrected chi connectivity index (χ3v) is 6.13. The highest BCUT2D eigenvalue weighted by atomic mass is 32.2. The number of primary amides is 1. The Hall–Kier alpha value is -2.72. The molecule has 0 spiro atoms. The Bertz CT molecular complexity index is 1020. The lowest BCUT2D eigenvalue weighted by atomic mass is 10.00. The van der Waals surface area contributed by atoms with Crippen LogP contribution >= 0.6 is 0 Å². The number of nitrogens with one attached hydrogen (secondary N) is 3. The molecule has 1 fully saturated rings. The van der Waals surface area contributed by atoms with Crippen LogP contribution < -0.4 is 21.7 Å². The monoisotopic (exact) mass is 432 g/mol. The zero-order valence-corrected chi connectivity index (χ0v) is 18.1. The number of benzene rings is 1. The van der Waals surface area contributed by atoms with Crippen LogP contribution in [0.1, 0.15) is 35.9 Å². The summed E-state index contributed by atoms with van der Waals surface area (Å²) in [6, 6.07) is 6.30. The largest absolute Gasteiger partial charge is 0.368 e. The summed E-state index contributed by atoms with van der Waals surface area (Å²) in [5.41, 5.74) is 6.67. The first-order chi connectivity index (χ1) is 14.3. The molecule has 5 N–H and O–H groups in total. The summed E-state index contributed by atoms with van der Waals surface area (Å²) in [6.45, 7) is 4.67. The van der Waals surface area contributed by atoms with Crippen molar-refractivity contribution >= 4 is 33.1 Å². The van der Waals surface area contributed by atoms with Crippen molar-refractivity contribution in [3.63, 3.8) is 0 Å². The topological polar surface area (TPSA) is 139 Å². The molecule has 2 aromatic rings. The molecule has 30 heavy (non-hydrogen) atoms. The number of anilines is 3. The van der Waals surface area contributed by atoms with Crippen molar-refractivity contribution in [2.24, 2.45) is 11.7 Å². The van der Waals surface area contributed by atoms with Gasteiger partial charge in [0.05, 0.1) is 10.6 Å². The van der Waals surface area contributed by atoms with Crippen molar-refractivity contribution in [2.75, 3.05) is 36.5 Å². The van der Waals surface area contributed by atoms with E-state index in [2.05, 4.69) is 25.9 Å². The normalized spacial score (nSPS) is 16.8. The number of piperidine rings is 1. The zero-order chi connectivity index (χ0) is 21.7. The molecule has 1 atom stereocenters. The van der Waals surface area contributed by atoms with E-state index in [1.165, 1.54) is 12.1 Å². The van der Waals surface area contributed by atoms with Crippen molar-refractivity contribution in [3.8, 4) is 0 Å². The van der Waals surface area contributed by atoms with Crippen LogP contribution in [0.3, 0.4) is 0 Å². The van der Waals surface area contributed by atoms with Gasteiger partial charge < -0.3 is 21.7 Å². The van der Waals surface area contributed by atoms with Gasteiger partial charge in [-0.25, -0.2) is 18.4 Å². The quantitative estimate of drug-likeness (QED) is 0.494. The number of carbonyl (C=O) groups excluding carboxylic acids is 1. The molecule has 0 bridgehead atoms. The second-order valence-electron chi connectivity index (χ2n) is 7.45. The van der Waals surface area contributed by atoms with Crippen LogP contribution in [0.15, 0.2) is 29.2 Å². The SMILES string of the molecule is CCc1nc(C(N)=O)c(Nc2cccc(S(C)(=O)=O)c2)nc1NC[C@@H]1CCCNC1. The van der Waals surface area contributed by atoms with Gasteiger partial charge in [-0.05, 0) is 56.5 Å². The first-order valence-corrected chi connectivity index (χ1v) is 11.9. The molecule has 2 heterocycles. The van der Waals surface area contributed by atoms with Crippen molar-refractivity contribution in [2.45, 2.75) is 31.1 Å². The predicted molar refractivity (Wildman–Crippen MR) is 117 cm³/mol. The summed E-state index contributed by atoms with van der Waals surface area (Å²) in [4.78, 5) is 21.1. The third-order valence-electron chi connectivity index (χ3n) is 5.02. The van der Waals surface area contributed by atoms with E-state index in [0.29, 0.717) is 29.5 Å². The van der Waals surface area contributed by atoms with E-state index in [1.807, 2.05) is 6.92 Å². The summed E-state index contributed by atoms with van der Waals surface area (Å²) in [7, 11) is -3.37. The molecular weight excluding hydrogens is 404 g/mol. The molecule has 3 rings (SSSR count). The minimum absolute atomic E-state index is 0.0153. The van der Waals surface area contributed by atoms with Crippen LogP contribution in [0.25, 0.3) is 0 Å². The number of hydrogen-bond donors (Lipinski definition) is 4. The van der Waals surface area contributed by atoms with Gasteiger partial charge in [0.2, 0.25) is 0 Å².